The average Bonchev–Trinajstić information content (AvgIpc) is 2.80. The van der Waals surface area contributed by atoms with Gasteiger partial charge >= 0.3 is 0 Å². The summed E-state index contributed by atoms with van der Waals surface area (Å²) in [5, 5.41) is 0. The summed E-state index contributed by atoms with van der Waals surface area (Å²) in [7, 11) is 0. The standard InChI is InChI=1S/C16H16N2O2/c1-11(19)10-18-13-8-5-9-14(20)15(13)17-16(18)12-6-3-2-4-7-12/h2-4,6-7H,5,8-10H2,1H3. The Kier molecular flexibility index (Phi) is 3.22. The minimum absolute atomic E-state index is 0.0698. The molecule has 0 bridgehead atoms. The van der Waals surface area contributed by atoms with Gasteiger partial charge in [0.05, 0.1) is 6.54 Å². The molecule has 0 aliphatic heterocycles. The highest BCUT2D eigenvalue weighted by molar-refractivity contribution is 5.97. The molecule has 20 heavy (non-hydrogen) atoms. The second-order valence-electron chi connectivity index (χ2n) is 5.16. The zero-order chi connectivity index (χ0) is 14.1. The van der Waals surface area contributed by atoms with Crippen LogP contribution in [0.2, 0.25) is 0 Å². The highest BCUT2D eigenvalue weighted by Crippen LogP contribution is 2.27. The number of rotatable bonds is 3. The number of benzene rings is 1. The van der Waals surface area contributed by atoms with E-state index in [1.54, 1.807) is 6.92 Å². The number of hydrogen-bond acceptors (Lipinski definition) is 3. The maximum atomic E-state index is 12.0. The predicted octanol–water partition coefficient (Wildman–Crippen LogP) is 2.66. The zero-order valence-electron chi connectivity index (χ0n) is 11.4. The van der Waals surface area contributed by atoms with Crippen molar-refractivity contribution in [3.05, 3.63) is 41.7 Å². The third kappa shape index (κ3) is 2.18. The van der Waals surface area contributed by atoms with E-state index < -0.39 is 0 Å². The molecule has 1 aromatic heterocycles. The van der Waals surface area contributed by atoms with Crippen LogP contribution in [0.25, 0.3) is 11.4 Å². The van der Waals surface area contributed by atoms with E-state index in [0.717, 1.165) is 29.9 Å². The maximum Gasteiger partial charge on any atom is 0.183 e. The Morgan fingerprint density at radius 3 is 2.70 bits per heavy atom. The van der Waals surface area contributed by atoms with Crippen molar-refractivity contribution in [3.8, 4) is 11.4 Å². The fraction of sp³-hybridized carbons (Fsp3) is 0.312. The van der Waals surface area contributed by atoms with E-state index in [-0.39, 0.29) is 18.1 Å². The van der Waals surface area contributed by atoms with Gasteiger partial charge in [0.25, 0.3) is 0 Å². The Balaban J connectivity index is 2.18. The second-order valence-corrected chi connectivity index (χ2v) is 5.16. The number of hydrogen-bond donors (Lipinski definition) is 0. The molecule has 1 aliphatic rings. The molecule has 1 aromatic carbocycles. The summed E-state index contributed by atoms with van der Waals surface area (Å²) in [5.74, 6) is 0.882. The molecule has 3 rings (SSSR count). The van der Waals surface area contributed by atoms with Crippen LogP contribution in [0.5, 0.6) is 0 Å². The van der Waals surface area contributed by atoms with Crippen LogP contribution in [-0.2, 0) is 17.8 Å². The monoisotopic (exact) mass is 268 g/mol. The molecular weight excluding hydrogens is 252 g/mol. The van der Waals surface area contributed by atoms with E-state index in [1.807, 2.05) is 34.9 Å². The Labute approximate surface area is 117 Å². The summed E-state index contributed by atoms with van der Waals surface area (Å²) in [6.07, 6.45) is 2.20. The van der Waals surface area contributed by atoms with E-state index in [2.05, 4.69) is 4.98 Å². The van der Waals surface area contributed by atoms with E-state index >= 15 is 0 Å². The molecule has 0 unspecified atom stereocenters. The Hall–Kier alpha value is -2.23. The maximum absolute atomic E-state index is 12.0. The number of fused-ring (bicyclic) bond motifs is 1. The van der Waals surface area contributed by atoms with Crippen LogP contribution >= 0.6 is 0 Å². The zero-order valence-corrected chi connectivity index (χ0v) is 11.4. The molecule has 0 amide bonds. The van der Waals surface area contributed by atoms with E-state index in [0.29, 0.717) is 12.1 Å². The summed E-state index contributed by atoms with van der Waals surface area (Å²) in [5.41, 5.74) is 2.41. The van der Waals surface area contributed by atoms with Crippen molar-refractivity contribution in [2.75, 3.05) is 0 Å². The van der Waals surface area contributed by atoms with E-state index in [9.17, 15) is 9.59 Å². The first-order chi connectivity index (χ1) is 9.66. The number of Topliss-reactive ketones (excluding diaryl/α,β-unsaturated/α-hetero) is 2. The Bertz CT molecular complexity index is 671. The molecule has 0 saturated carbocycles. The summed E-state index contributed by atoms with van der Waals surface area (Å²) >= 11 is 0. The lowest BCUT2D eigenvalue weighted by molar-refractivity contribution is -0.117. The van der Waals surface area contributed by atoms with Crippen molar-refractivity contribution >= 4 is 11.6 Å². The number of nitrogens with zero attached hydrogens (tertiary/aromatic N) is 2. The van der Waals surface area contributed by atoms with Gasteiger partial charge in [-0.15, -0.1) is 0 Å². The van der Waals surface area contributed by atoms with Crippen molar-refractivity contribution < 1.29 is 9.59 Å². The van der Waals surface area contributed by atoms with Gasteiger partial charge in [-0.3, -0.25) is 9.59 Å². The summed E-state index contributed by atoms with van der Waals surface area (Å²) in [4.78, 5) is 28.1. The van der Waals surface area contributed by atoms with Crippen LogP contribution in [0.15, 0.2) is 30.3 Å². The van der Waals surface area contributed by atoms with Gasteiger partial charge in [-0.1, -0.05) is 30.3 Å². The van der Waals surface area contributed by atoms with Crippen molar-refractivity contribution in [1.82, 2.24) is 9.55 Å². The molecule has 0 radical (unpaired) electrons. The van der Waals surface area contributed by atoms with E-state index in [4.69, 9.17) is 0 Å². The Morgan fingerprint density at radius 1 is 1.25 bits per heavy atom. The number of imidazole rings is 1. The van der Waals surface area contributed by atoms with Crippen molar-refractivity contribution in [2.24, 2.45) is 0 Å². The summed E-state index contributed by atoms with van der Waals surface area (Å²) < 4.78 is 1.91. The minimum atomic E-state index is 0.0698. The Morgan fingerprint density at radius 2 is 2.00 bits per heavy atom. The van der Waals surface area contributed by atoms with Crippen LogP contribution in [0.1, 0.15) is 35.9 Å². The molecule has 0 saturated heterocycles. The van der Waals surface area contributed by atoms with E-state index in [1.165, 1.54) is 0 Å². The fourth-order valence-corrected chi connectivity index (χ4v) is 2.70. The van der Waals surface area contributed by atoms with Gasteiger partial charge in [0.1, 0.15) is 17.3 Å². The number of aromatic nitrogens is 2. The van der Waals surface area contributed by atoms with Crippen LogP contribution in [0.4, 0.5) is 0 Å². The lowest BCUT2D eigenvalue weighted by Crippen LogP contribution is -2.16. The first-order valence-electron chi connectivity index (χ1n) is 6.84. The average molecular weight is 268 g/mol. The number of ketones is 2. The third-order valence-electron chi connectivity index (χ3n) is 3.57. The third-order valence-corrected chi connectivity index (χ3v) is 3.57. The smallest absolute Gasteiger partial charge is 0.183 e. The fourth-order valence-electron chi connectivity index (χ4n) is 2.70. The van der Waals surface area contributed by atoms with Crippen molar-refractivity contribution in [2.45, 2.75) is 32.7 Å². The predicted molar refractivity (Wildman–Crippen MR) is 75.6 cm³/mol. The van der Waals surface area contributed by atoms with Gasteiger partial charge in [0.2, 0.25) is 0 Å². The van der Waals surface area contributed by atoms with Crippen molar-refractivity contribution in [3.63, 3.8) is 0 Å². The molecule has 1 aliphatic carbocycles. The van der Waals surface area contributed by atoms with Gasteiger partial charge in [-0.2, -0.15) is 0 Å². The SMILES string of the molecule is CC(=O)Cn1c(-c2ccccc2)nc2c1CCCC2=O. The highest BCUT2D eigenvalue weighted by Gasteiger charge is 2.26. The lowest BCUT2D eigenvalue weighted by atomic mass is 10.00. The first kappa shape index (κ1) is 12.8. The molecule has 0 fully saturated rings. The lowest BCUT2D eigenvalue weighted by Gasteiger charge is -2.13. The molecule has 0 atom stereocenters. The molecule has 0 N–H and O–H groups in total. The van der Waals surface area contributed by atoms with Crippen LogP contribution in [0, 0.1) is 0 Å². The van der Waals surface area contributed by atoms with Crippen LogP contribution < -0.4 is 0 Å². The highest BCUT2D eigenvalue weighted by atomic mass is 16.1. The quantitative estimate of drug-likeness (QED) is 0.860. The number of carbonyl (C=O) groups is 2. The topological polar surface area (TPSA) is 52.0 Å². The van der Waals surface area contributed by atoms with Gasteiger partial charge in [-0.25, -0.2) is 4.98 Å². The second kappa shape index (κ2) is 5.04. The first-order valence-corrected chi connectivity index (χ1v) is 6.84. The van der Waals surface area contributed by atoms with Gasteiger partial charge in [0, 0.05) is 17.7 Å². The largest absolute Gasteiger partial charge is 0.320 e. The van der Waals surface area contributed by atoms with Gasteiger partial charge < -0.3 is 4.57 Å². The molecule has 4 heteroatoms. The van der Waals surface area contributed by atoms with Gasteiger partial charge in [0.15, 0.2) is 5.78 Å². The molecule has 2 aromatic rings. The minimum Gasteiger partial charge on any atom is -0.320 e. The molecule has 102 valence electrons. The van der Waals surface area contributed by atoms with Gasteiger partial charge in [-0.05, 0) is 19.8 Å². The van der Waals surface area contributed by atoms with Crippen LogP contribution in [-0.4, -0.2) is 21.1 Å². The molecule has 1 heterocycles. The number of carbonyl (C=O) groups excluding carboxylic acids is 2. The summed E-state index contributed by atoms with van der Waals surface area (Å²) in [6, 6.07) is 9.71. The summed E-state index contributed by atoms with van der Waals surface area (Å²) in [6.45, 7) is 1.84. The van der Waals surface area contributed by atoms with Crippen molar-refractivity contribution in [1.29, 1.82) is 0 Å². The molecule has 0 spiro atoms. The van der Waals surface area contributed by atoms with Crippen LogP contribution in [0.3, 0.4) is 0 Å². The normalized spacial score (nSPS) is 14.2. The molecular formula is C16H16N2O2. The molecule has 4 nitrogen and oxygen atoms in total.